The van der Waals surface area contributed by atoms with Crippen LogP contribution in [0.2, 0.25) is 5.02 Å². The zero-order chi connectivity index (χ0) is 12.7. The molecule has 1 N–H and O–H groups in total. The highest BCUT2D eigenvalue weighted by molar-refractivity contribution is 6.32. The Bertz CT molecular complexity index is 499. The molecule has 2 aliphatic rings. The van der Waals surface area contributed by atoms with Crippen LogP contribution < -0.4 is 9.47 Å². The van der Waals surface area contributed by atoms with Crippen molar-refractivity contribution >= 4 is 17.6 Å². The maximum Gasteiger partial charge on any atom is 0.309 e. The summed E-state index contributed by atoms with van der Waals surface area (Å²) in [6.45, 7) is 2.05. The standard InChI is InChI=1S/C12H12ClNO4/c13-9-1-7(2-10-11(9)18-6-17-10)3-14-4-8(5-14)12(15)16/h1-2,8H,3-6H2,(H,15,16). The van der Waals surface area contributed by atoms with Gasteiger partial charge in [0.05, 0.1) is 10.9 Å². The third kappa shape index (κ3) is 2.00. The molecule has 18 heavy (non-hydrogen) atoms. The molecule has 0 radical (unpaired) electrons. The molecule has 0 spiro atoms. The highest BCUT2D eigenvalue weighted by Crippen LogP contribution is 2.40. The number of hydrogen-bond acceptors (Lipinski definition) is 4. The Morgan fingerprint density at radius 3 is 2.94 bits per heavy atom. The van der Waals surface area contributed by atoms with Gasteiger partial charge in [-0.1, -0.05) is 11.6 Å². The van der Waals surface area contributed by atoms with Gasteiger partial charge in [-0.3, -0.25) is 9.69 Å². The first-order valence-corrected chi connectivity index (χ1v) is 6.04. The van der Waals surface area contributed by atoms with E-state index in [-0.39, 0.29) is 12.7 Å². The van der Waals surface area contributed by atoms with Crippen molar-refractivity contribution in [3.05, 3.63) is 22.7 Å². The molecule has 0 aromatic heterocycles. The summed E-state index contributed by atoms with van der Waals surface area (Å²) in [5, 5.41) is 9.34. The average Bonchev–Trinajstić information content (AvgIpc) is 2.70. The molecule has 96 valence electrons. The molecule has 0 bridgehead atoms. The lowest BCUT2D eigenvalue weighted by molar-refractivity contribution is -0.147. The van der Waals surface area contributed by atoms with E-state index in [4.69, 9.17) is 26.2 Å². The third-order valence-corrected chi connectivity index (χ3v) is 3.48. The fourth-order valence-corrected chi connectivity index (χ4v) is 2.51. The van der Waals surface area contributed by atoms with Gasteiger partial charge >= 0.3 is 5.97 Å². The summed E-state index contributed by atoms with van der Waals surface area (Å²) in [4.78, 5) is 12.8. The lowest BCUT2D eigenvalue weighted by atomic mass is 9.99. The largest absolute Gasteiger partial charge is 0.481 e. The number of benzene rings is 1. The molecule has 1 aromatic carbocycles. The van der Waals surface area contributed by atoms with E-state index in [0.29, 0.717) is 36.2 Å². The van der Waals surface area contributed by atoms with Crippen molar-refractivity contribution in [3.8, 4) is 11.5 Å². The van der Waals surface area contributed by atoms with Crippen LogP contribution in [0.3, 0.4) is 0 Å². The zero-order valence-corrected chi connectivity index (χ0v) is 10.3. The Hall–Kier alpha value is -1.46. The van der Waals surface area contributed by atoms with Crippen LogP contribution in [0.25, 0.3) is 0 Å². The minimum atomic E-state index is -0.727. The Labute approximate surface area is 109 Å². The normalized spacial score (nSPS) is 18.7. The number of carboxylic acid groups (broad SMARTS) is 1. The molecule has 0 atom stereocenters. The third-order valence-electron chi connectivity index (χ3n) is 3.20. The molecule has 0 saturated carbocycles. The van der Waals surface area contributed by atoms with Crippen molar-refractivity contribution in [1.29, 1.82) is 0 Å². The first kappa shape index (κ1) is 11.6. The molecule has 0 unspecified atom stereocenters. The SMILES string of the molecule is O=C(O)C1CN(Cc2cc(Cl)c3c(c2)OCO3)C1. The van der Waals surface area contributed by atoms with Gasteiger partial charge in [0, 0.05) is 19.6 Å². The Morgan fingerprint density at radius 2 is 2.22 bits per heavy atom. The summed E-state index contributed by atoms with van der Waals surface area (Å²) in [7, 11) is 0. The van der Waals surface area contributed by atoms with E-state index in [0.717, 1.165) is 5.56 Å². The summed E-state index contributed by atoms with van der Waals surface area (Å²) in [6, 6.07) is 3.73. The number of fused-ring (bicyclic) bond motifs is 1. The minimum Gasteiger partial charge on any atom is -0.481 e. The van der Waals surface area contributed by atoms with Gasteiger partial charge in [0.2, 0.25) is 6.79 Å². The molecule has 1 fully saturated rings. The van der Waals surface area contributed by atoms with Crippen LogP contribution in [0.4, 0.5) is 0 Å². The number of carboxylic acids is 1. The topological polar surface area (TPSA) is 59.0 Å². The van der Waals surface area contributed by atoms with E-state index in [1.807, 2.05) is 12.1 Å². The van der Waals surface area contributed by atoms with E-state index in [1.54, 1.807) is 0 Å². The lowest BCUT2D eigenvalue weighted by Gasteiger charge is -2.36. The highest BCUT2D eigenvalue weighted by atomic mass is 35.5. The van der Waals surface area contributed by atoms with Gasteiger partial charge in [-0.15, -0.1) is 0 Å². The first-order chi connectivity index (χ1) is 8.63. The second kappa shape index (κ2) is 4.33. The molecule has 0 amide bonds. The Kier molecular flexibility index (Phi) is 2.80. The second-order valence-corrected chi connectivity index (χ2v) is 4.95. The van der Waals surface area contributed by atoms with Gasteiger partial charge in [-0.2, -0.15) is 0 Å². The summed E-state index contributed by atoms with van der Waals surface area (Å²) in [5.74, 6) is 0.282. The van der Waals surface area contributed by atoms with Gasteiger partial charge in [0.1, 0.15) is 0 Å². The molecular formula is C12H12ClNO4. The predicted molar refractivity (Wildman–Crippen MR) is 64.0 cm³/mol. The molecule has 3 rings (SSSR count). The maximum atomic E-state index is 10.7. The highest BCUT2D eigenvalue weighted by Gasteiger charge is 2.32. The van der Waals surface area contributed by atoms with E-state index < -0.39 is 5.97 Å². The van der Waals surface area contributed by atoms with E-state index in [9.17, 15) is 4.79 Å². The van der Waals surface area contributed by atoms with E-state index in [2.05, 4.69) is 4.90 Å². The molecule has 2 heterocycles. The molecule has 2 aliphatic heterocycles. The first-order valence-electron chi connectivity index (χ1n) is 5.66. The van der Waals surface area contributed by atoms with Crippen molar-refractivity contribution in [3.63, 3.8) is 0 Å². The Balaban J connectivity index is 1.68. The van der Waals surface area contributed by atoms with Crippen molar-refractivity contribution in [2.75, 3.05) is 19.9 Å². The summed E-state index contributed by atoms with van der Waals surface area (Å²) in [5.41, 5.74) is 1.01. The van der Waals surface area contributed by atoms with Crippen molar-refractivity contribution in [2.24, 2.45) is 5.92 Å². The summed E-state index contributed by atoms with van der Waals surface area (Å²) in [6.07, 6.45) is 0. The fraction of sp³-hybridized carbons (Fsp3) is 0.417. The van der Waals surface area contributed by atoms with Gasteiger partial charge < -0.3 is 14.6 Å². The quantitative estimate of drug-likeness (QED) is 0.903. The smallest absolute Gasteiger partial charge is 0.309 e. The predicted octanol–water partition coefficient (Wildman–Crippen LogP) is 1.59. The zero-order valence-electron chi connectivity index (χ0n) is 9.56. The van der Waals surface area contributed by atoms with Crippen LogP contribution in [0, 0.1) is 5.92 Å². The van der Waals surface area contributed by atoms with Gasteiger partial charge in [-0.05, 0) is 17.7 Å². The number of likely N-dealkylation sites (tertiary alicyclic amines) is 1. The van der Waals surface area contributed by atoms with Crippen LogP contribution in [0.1, 0.15) is 5.56 Å². The molecular weight excluding hydrogens is 258 g/mol. The number of rotatable bonds is 3. The number of carbonyl (C=O) groups is 1. The van der Waals surface area contributed by atoms with Crippen molar-refractivity contribution in [2.45, 2.75) is 6.54 Å². The number of aliphatic carboxylic acids is 1. The van der Waals surface area contributed by atoms with Crippen LogP contribution in [-0.4, -0.2) is 35.9 Å². The fourth-order valence-electron chi connectivity index (χ4n) is 2.23. The van der Waals surface area contributed by atoms with Crippen LogP contribution in [-0.2, 0) is 11.3 Å². The lowest BCUT2D eigenvalue weighted by Crippen LogP contribution is -2.49. The van der Waals surface area contributed by atoms with Gasteiger partial charge in [-0.25, -0.2) is 0 Å². The molecule has 6 heteroatoms. The monoisotopic (exact) mass is 269 g/mol. The molecule has 0 aliphatic carbocycles. The van der Waals surface area contributed by atoms with Crippen molar-refractivity contribution < 1.29 is 19.4 Å². The summed E-state index contributed by atoms with van der Waals surface area (Å²) < 4.78 is 10.5. The van der Waals surface area contributed by atoms with E-state index >= 15 is 0 Å². The van der Waals surface area contributed by atoms with Crippen LogP contribution in [0.15, 0.2) is 12.1 Å². The summed E-state index contributed by atoms with van der Waals surface area (Å²) >= 11 is 6.08. The second-order valence-electron chi connectivity index (χ2n) is 4.54. The van der Waals surface area contributed by atoms with Crippen molar-refractivity contribution in [1.82, 2.24) is 4.90 Å². The van der Waals surface area contributed by atoms with E-state index in [1.165, 1.54) is 0 Å². The number of hydrogen-bond donors (Lipinski definition) is 1. The Morgan fingerprint density at radius 1 is 1.44 bits per heavy atom. The number of halogens is 1. The van der Waals surface area contributed by atoms with Crippen LogP contribution in [0.5, 0.6) is 11.5 Å². The molecule has 1 aromatic rings. The maximum absolute atomic E-state index is 10.7. The molecule has 5 nitrogen and oxygen atoms in total. The van der Waals surface area contributed by atoms with Gasteiger partial charge in [0.25, 0.3) is 0 Å². The number of ether oxygens (including phenoxy) is 2. The average molecular weight is 270 g/mol. The molecule has 1 saturated heterocycles. The number of nitrogens with zero attached hydrogens (tertiary/aromatic N) is 1. The van der Waals surface area contributed by atoms with Crippen LogP contribution >= 0.6 is 11.6 Å². The van der Waals surface area contributed by atoms with Gasteiger partial charge in [0.15, 0.2) is 11.5 Å². The minimum absolute atomic E-state index is 0.198.